The van der Waals surface area contributed by atoms with Crippen LogP contribution in [0.15, 0.2) is 0 Å². The quantitative estimate of drug-likeness (QED) is 0.704. The zero-order chi connectivity index (χ0) is 9.52. The SMILES string of the molecule is CCC(C#N)CNCC1CCCC1. The van der Waals surface area contributed by atoms with E-state index in [4.69, 9.17) is 5.26 Å². The van der Waals surface area contributed by atoms with Gasteiger partial charge in [0.1, 0.15) is 0 Å². The lowest BCUT2D eigenvalue weighted by Gasteiger charge is -2.12. The molecule has 1 saturated carbocycles. The molecule has 2 nitrogen and oxygen atoms in total. The third-order valence-corrected chi connectivity index (χ3v) is 2.97. The highest BCUT2D eigenvalue weighted by molar-refractivity contribution is 4.83. The average molecular weight is 180 g/mol. The summed E-state index contributed by atoms with van der Waals surface area (Å²) in [6.07, 6.45) is 6.55. The second-order valence-corrected chi connectivity index (χ2v) is 4.04. The van der Waals surface area contributed by atoms with Crippen molar-refractivity contribution in [2.24, 2.45) is 11.8 Å². The van der Waals surface area contributed by atoms with Gasteiger partial charge >= 0.3 is 0 Å². The Morgan fingerprint density at radius 3 is 2.69 bits per heavy atom. The topological polar surface area (TPSA) is 35.8 Å². The molecule has 74 valence electrons. The summed E-state index contributed by atoms with van der Waals surface area (Å²) in [5, 5.41) is 12.1. The lowest BCUT2D eigenvalue weighted by Crippen LogP contribution is -2.26. The summed E-state index contributed by atoms with van der Waals surface area (Å²) < 4.78 is 0. The van der Waals surface area contributed by atoms with Crippen molar-refractivity contribution in [3.8, 4) is 6.07 Å². The Kier molecular flexibility index (Phi) is 4.85. The molecule has 0 saturated heterocycles. The lowest BCUT2D eigenvalue weighted by molar-refractivity contribution is 0.461. The van der Waals surface area contributed by atoms with Crippen LogP contribution in [0, 0.1) is 23.2 Å². The van der Waals surface area contributed by atoms with E-state index in [9.17, 15) is 0 Å². The van der Waals surface area contributed by atoms with Crippen molar-refractivity contribution in [1.29, 1.82) is 5.26 Å². The van der Waals surface area contributed by atoms with Crippen LogP contribution >= 0.6 is 0 Å². The molecule has 1 atom stereocenters. The summed E-state index contributed by atoms with van der Waals surface area (Å²) >= 11 is 0. The van der Waals surface area contributed by atoms with Crippen molar-refractivity contribution < 1.29 is 0 Å². The van der Waals surface area contributed by atoms with Crippen LogP contribution in [-0.4, -0.2) is 13.1 Å². The molecule has 1 fully saturated rings. The van der Waals surface area contributed by atoms with E-state index >= 15 is 0 Å². The van der Waals surface area contributed by atoms with E-state index in [2.05, 4.69) is 18.3 Å². The minimum atomic E-state index is 0.210. The van der Waals surface area contributed by atoms with Gasteiger partial charge in [-0.3, -0.25) is 0 Å². The molecular formula is C11H20N2. The number of hydrogen-bond donors (Lipinski definition) is 1. The third kappa shape index (κ3) is 3.78. The summed E-state index contributed by atoms with van der Waals surface area (Å²) in [5.41, 5.74) is 0. The Balaban J connectivity index is 2.02. The van der Waals surface area contributed by atoms with Crippen LogP contribution in [0.1, 0.15) is 39.0 Å². The van der Waals surface area contributed by atoms with Crippen LogP contribution in [0.5, 0.6) is 0 Å². The molecule has 0 radical (unpaired) electrons. The maximum atomic E-state index is 8.73. The standard InChI is InChI=1S/C11H20N2/c1-2-10(7-12)8-13-9-11-5-3-4-6-11/h10-11,13H,2-6,8-9H2,1H3. The minimum Gasteiger partial charge on any atom is -0.315 e. The Bertz CT molecular complexity index is 165. The molecule has 13 heavy (non-hydrogen) atoms. The van der Waals surface area contributed by atoms with Gasteiger partial charge < -0.3 is 5.32 Å². The Hall–Kier alpha value is -0.550. The Labute approximate surface area is 81.3 Å². The Morgan fingerprint density at radius 2 is 2.15 bits per heavy atom. The fourth-order valence-corrected chi connectivity index (χ4v) is 1.96. The van der Waals surface area contributed by atoms with Gasteiger partial charge in [0, 0.05) is 6.54 Å². The van der Waals surface area contributed by atoms with E-state index in [1.165, 1.54) is 25.7 Å². The molecule has 1 aliphatic rings. The predicted octanol–water partition coefficient (Wildman–Crippen LogP) is 2.32. The second kappa shape index (κ2) is 5.99. The van der Waals surface area contributed by atoms with E-state index in [1.54, 1.807) is 0 Å². The molecule has 1 aliphatic carbocycles. The molecule has 0 spiro atoms. The first-order chi connectivity index (χ1) is 6.36. The van der Waals surface area contributed by atoms with E-state index < -0.39 is 0 Å². The fourth-order valence-electron chi connectivity index (χ4n) is 1.96. The molecule has 0 aromatic heterocycles. The molecule has 0 aliphatic heterocycles. The van der Waals surface area contributed by atoms with Crippen molar-refractivity contribution >= 4 is 0 Å². The minimum absolute atomic E-state index is 0.210. The average Bonchev–Trinajstić information content (AvgIpc) is 2.65. The third-order valence-electron chi connectivity index (χ3n) is 2.97. The van der Waals surface area contributed by atoms with Gasteiger partial charge in [-0.15, -0.1) is 0 Å². The first kappa shape index (κ1) is 10.5. The van der Waals surface area contributed by atoms with Gasteiger partial charge in [0.2, 0.25) is 0 Å². The lowest BCUT2D eigenvalue weighted by atomic mass is 10.1. The molecule has 0 amide bonds. The number of nitrogens with one attached hydrogen (secondary N) is 1. The maximum absolute atomic E-state index is 8.73. The summed E-state index contributed by atoms with van der Waals surface area (Å²) in [5.74, 6) is 1.10. The monoisotopic (exact) mass is 180 g/mol. The fraction of sp³-hybridized carbons (Fsp3) is 0.909. The zero-order valence-corrected chi connectivity index (χ0v) is 8.55. The van der Waals surface area contributed by atoms with Crippen LogP contribution in [0.3, 0.4) is 0 Å². The molecule has 0 aromatic rings. The molecule has 0 aromatic carbocycles. The van der Waals surface area contributed by atoms with Gasteiger partial charge in [-0.05, 0) is 31.7 Å². The second-order valence-electron chi connectivity index (χ2n) is 4.04. The van der Waals surface area contributed by atoms with Gasteiger partial charge in [-0.2, -0.15) is 5.26 Å². The molecule has 1 rings (SSSR count). The molecule has 1 N–H and O–H groups in total. The van der Waals surface area contributed by atoms with Crippen molar-refractivity contribution in [3.63, 3.8) is 0 Å². The normalized spacial score (nSPS) is 20.0. The first-order valence-electron chi connectivity index (χ1n) is 5.47. The van der Waals surface area contributed by atoms with Crippen LogP contribution in [0.4, 0.5) is 0 Å². The van der Waals surface area contributed by atoms with E-state index in [1.807, 2.05) is 0 Å². The van der Waals surface area contributed by atoms with Gasteiger partial charge in [0.15, 0.2) is 0 Å². The highest BCUT2D eigenvalue weighted by Crippen LogP contribution is 2.23. The summed E-state index contributed by atoms with van der Waals surface area (Å²) in [7, 11) is 0. The van der Waals surface area contributed by atoms with Gasteiger partial charge in [0.05, 0.1) is 12.0 Å². The molecule has 1 unspecified atom stereocenters. The predicted molar refractivity (Wildman–Crippen MR) is 54.2 cm³/mol. The van der Waals surface area contributed by atoms with Gasteiger partial charge in [0.25, 0.3) is 0 Å². The van der Waals surface area contributed by atoms with Crippen molar-refractivity contribution in [1.82, 2.24) is 5.32 Å². The molecule has 2 heteroatoms. The van der Waals surface area contributed by atoms with Crippen molar-refractivity contribution in [2.75, 3.05) is 13.1 Å². The largest absolute Gasteiger partial charge is 0.315 e. The van der Waals surface area contributed by atoms with E-state index in [0.717, 1.165) is 25.4 Å². The maximum Gasteiger partial charge on any atom is 0.0669 e. The number of nitriles is 1. The number of nitrogens with zero attached hydrogens (tertiary/aromatic N) is 1. The van der Waals surface area contributed by atoms with Crippen LogP contribution < -0.4 is 5.32 Å². The summed E-state index contributed by atoms with van der Waals surface area (Å²) in [4.78, 5) is 0. The van der Waals surface area contributed by atoms with Crippen LogP contribution in [0.2, 0.25) is 0 Å². The highest BCUT2D eigenvalue weighted by Gasteiger charge is 2.14. The number of hydrogen-bond acceptors (Lipinski definition) is 2. The molecule has 0 bridgehead atoms. The Morgan fingerprint density at radius 1 is 1.46 bits per heavy atom. The zero-order valence-electron chi connectivity index (χ0n) is 8.55. The molecule has 0 heterocycles. The van der Waals surface area contributed by atoms with Crippen molar-refractivity contribution in [3.05, 3.63) is 0 Å². The summed E-state index contributed by atoms with van der Waals surface area (Å²) in [6.45, 7) is 4.08. The van der Waals surface area contributed by atoms with E-state index in [0.29, 0.717) is 0 Å². The number of rotatable bonds is 5. The molecular weight excluding hydrogens is 160 g/mol. The van der Waals surface area contributed by atoms with Gasteiger partial charge in [-0.25, -0.2) is 0 Å². The first-order valence-corrected chi connectivity index (χ1v) is 5.47. The highest BCUT2D eigenvalue weighted by atomic mass is 14.9. The van der Waals surface area contributed by atoms with Crippen molar-refractivity contribution in [2.45, 2.75) is 39.0 Å². The van der Waals surface area contributed by atoms with Crippen LogP contribution in [0.25, 0.3) is 0 Å². The van der Waals surface area contributed by atoms with Gasteiger partial charge in [-0.1, -0.05) is 19.8 Å². The smallest absolute Gasteiger partial charge is 0.0669 e. The summed E-state index contributed by atoms with van der Waals surface area (Å²) in [6, 6.07) is 2.31. The van der Waals surface area contributed by atoms with Crippen LogP contribution in [-0.2, 0) is 0 Å². The van der Waals surface area contributed by atoms with E-state index in [-0.39, 0.29) is 5.92 Å².